The largest absolute Gasteiger partial charge is 0.481 e. The van der Waals surface area contributed by atoms with Gasteiger partial charge in [-0.15, -0.1) is 0 Å². The molecule has 0 spiro atoms. The molecule has 1 aromatic carbocycles. The number of hydrogen-bond acceptors (Lipinski definition) is 4. The van der Waals surface area contributed by atoms with Crippen LogP contribution in [0.1, 0.15) is 48.9 Å². The Bertz CT molecular complexity index is 636. The molecule has 1 saturated carbocycles. The molecule has 7 nitrogen and oxygen atoms in total. The van der Waals surface area contributed by atoms with Gasteiger partial charge in [0.25, 0.3) is 5.91 Å². The van der Waals surface area contributed by atoms with E-state index in [1.807, 2.05) is 0 Å². The van der Waals surface area contributed by atoms with E-state index in [-0.39, 0.29) is 30.2 Å². The van der Waals surface area contributed by atoms with Crippen molar-refractivity contribution >= 4 is 23.5 Å². The van der Waals surface area contributed by atoms with Gasteiger partial charge in [-0.2, -0.15) is 0 Å². The van der Waals surface area contributed by atoms with Crippen LogP contribution in [0.4, 0.5) is 5.69 Å². The van der Waals surface area contributed by atoms with E-state index in [0.717, 1.165) is 25.7 Å². The molecule has 0 atom stereocenters. The molecule has 0 saturated heterocycles. The van der Waals surface area contributed by atoms with Crippen LogP contribution < -0.4 is 10.6 Å². The smallest absolute Gasteiger partial charge is 0.305 e. The zero-order valence-corrected chi connectivity index (χ0v) is 15.0. The molecule has 142 valence electrons. The van der Waals surface area contributed by atoms with Gasteiger partial charge in [0.05, 0.1) is 11.8 Å². The summed E-state index contributed by atoms with van der Waals surface area (Å²) < 4.78 is 5.16. The molecular formula is C19H26N2O5. The molecule has 0 aromatic heterocycles. The van der Waals surface area contributed by atoms with Gasteiger partial charge in [-0.3, -0.25) is 14.4 Å². The zero-order valence-electron chi connectivity index (χ0n) is 15.0. The molecular weight excluding hydrogens is 336 g/mol. The SMILES string of the molecule is COCCC1(C(=O)Nc2ccc(C(=O)NCCC(=O)O)cc2)CCCC1. The molecule has 0 heterocycles. The fourth-order valence-electron chi connectivity index (χ4n) is 3.29. The predicted molar refractivity (Wildman–Crippen MR) is 97.1 cm³/mol. The Morgan fingerprint density at radius 2 is 1.81 bits per heavy atom. The van der Waals surface area contributed by atoms with Crippen LogP contribution in [-0.2, 0) is 14.3 Å². The van der Waals surface area contributed by atoms with E-state index in [1.165, 1.54) is 0 Å². The lowest BCUT2D eigenvalue weighted by Gasteiger charge is -2.27. The second-order valence-electron chi connectivity index (χ2n) is 6.66. The number of carboxylic acid groups (broad SMARTS) is 1. The van der Waals surface area contributed by atoms with Crippen LogP contribution in [0.25, 0.3) is 0 Å². The Morgan fingerprint density at radius 1 is 1.15 bits per heavy atom. The maximum absolute atomic E-state index is 12.8. The van der Waals surface area contributed by atoms with E-state index in [2.05, 4.69) is 10.6 Å². The number of ether oxygens (including phenoxy) is 1. The first-order chi connectivity index (χ1) is 12.5. The van der Waals surface area contributed by atoms with Gasteiger partial charge in [-0.25, -0.2) is 0 Å². The quantitative estimate of drug-likeness (QED) is 0.626. The van der Waals surface area contributed by atoms with Crippen LogP contribution >= 0.6 is 0 Å². The first-order valence-corrected chi connectivity index (χ1v) is 8.87. The zero-order chi connectivity index (χ0) is 19.0. The van der Waals surface area contributed by atoms with E-state index < -0.39 is 5.97 Å². The average Bonchev–Trinajstić information content (AvgIpc) is 3.10. The summed E-state index contributed by atoms with van der Waals surface area (Å²) in [5.74, 6) is -1.29. The Balaban J connectivity index is 1.94. The lowest BCUT2D eigenvalue weighted by Crippen LogP contribution is -2.35. The summed E-state index contributed by atoms with van der Waals surface area (Å²) in [5.41, 5.74) is 0.687. The fourth-order valence-corrected chi connectivity index (χ4v) is 3.29. The lowest BCUT2D eigenvalue weighted by molar-refractivity contribution is -0.136. The lowest BCUT2D eigenvalue weighted by atomic mass is 9.82. The van der Waals surface area contributed by atoms with Crippen molar-refractivity contribution in [1.29, 1.82) is 0 Å². The highest BCUT2D eigenvalue weighted by Gasteiger charge is 2.40. The molecule has 2 rings (SSSR count). The van der Waals surface area contributed by atoms with Crippen molar-refractivity contribution in [2.24, 2.45) is 5.41 Å². The molecule has 1 aliphatic rings. The van der Waals surface area contributed by atoms with E-state index in [9.17, 15) is 14.4 Å². The summed E-state index contributed by atoms with van der Waals surface area (Å²) in [5, 5.41) is 14.1. The third kappa shape index (κ3) is 5.29. The van der Waals surface area contributed by atoms with Gasteiger partial charge in [-0.1, -0.05) is 12.8 Å². The molecule has 7 heteroatoms. The number of anilines is 1. The molecule has 0 unspecified atom stereocenters. The summed E-state index contributed by atoms with van der Waals surface area (Å²) in [4.78, 5) is 35.2. The van der Waals surface area contributed by atoms with Crippen molar-refractivity contribution in [3.63, 3.8) is 0 Å². The standard InChI is InChI=1S/C19H26N2O5/c1-26-13-11-19(9-2-3-10-19)18(25)21-15-6-4-14(5-7-15)17(24)20-12-8-16(22)23/h4-7H,2-3,8-13H2,1H3,(H,20,24)(H,21,25)(H,22,23). The number of amides is 2. The average molecular weight is 362 g/mol. The molecule has 1 fully saturated rings. The highest BCUT2D eigenvalue weighted by molar-refractivity contribution is 5.97. The number of benzene rings is 1. The third-order valence-electron chi connectivity index (χ3n) is 4.86. The number of methoxy groups -OCH3 is 1. The highest BCUT2D eigenvalue weighted by Crippen LogP contribution is 2.42. The van der Waals surface area contributed by atoms with E-state index in [4.69, 9.17) is 9.84 Å². The molecule has 0 radical (unpaired) electrons. The number of nitrogens with one attached hydrogen (secondary N) is 2. The molecule has 2 amide bonds. The third-order valence-corrected chi connectivity index (χ3v) is 4.86. The van der Waals surface area contributed by atoms with Crippen LogP contribution in [0.3, 0.4) is 0 Å². The van der Waals surface area contributed by atoms with Crippen LogP contribution in [0, 0.1) is 5.41 Å². The monoisotopic (exact) mass is 362 g/mol. The predicted octanol–water partition coefficient (Wildman–Crippen LogP) is 2.43. The van der Waals surface area contributed by atoms with Crippen molar-refractivity contribution < 1.29 is 24.2 Å². The van der Waals surface area contributed by atoms with E-state index >= 15 is 0 Å². The van der Waals surface area contributed by atoms with Crippen LogP contribution in [0.15, 0.2) is 24.3 Å². The van der Waals surface area contributed by atoms with Crippen molar-refractivity contribution in [1.82, 2.24) is 5.32 Å². The van der Waals surface area contributed by atoms with Gasteiger partial charge >= 0.3 is 5.97 Å². The van der Waals surface area contributed by atoms with Crippen molar-refractivity contribution in [2.75, 3.05) is 25.6 Å². The summed E-state index contributed by atoms with van der Waals surface area (Å²) in [6.07, 6.45) is 4.42. The maximum atomic E-state index is 12.8. The Kier molecular flexibility index (Phi) is 7.15. The number of hydrogen-bond donors (Lipinski definition) is 3. The normalized spacial score (nSPS) is 15.4. The van der Waals surface area contributed by atoms with Gasteiger partial charge in [0, 0.05) is 31.5 Å². The van der Waals surface area contributed by atoms with Crippen LogP contribution in [0.5, 0.6) is 0 Å². The molecule has 26 heavy (non-hydrogen) atoms. The minimum Gasteiger partial charge on any atom is -0.481 e. The fraction of sp³-hybridized carbons (Fsp3) is 0.526. The second kappa shape index (κ2) is 9.33. The number of carbonyl (C=O) groups is 3. The number of aliphatic carboxylic acids is 1. The van der Waals surface area contributed by atoms with Gasteiger partial charge in [0.1, 0.15) is 0 Å². The van der Waals surface area contributed by atoms with Crippen molar-refractivity contribution in [3.8, 4) is 0 Å². The first-order valence-electron chi connectivity index (χ1n) is 8.87. The molecule has 0 aliphatic heterocycles. The Hall–Kier alpha value is -2.41. The minimum atomic E-state index is -0.960. The Morgan fingerprint density at radius 3 is 2.38 bits per heavy atom. The topological polar surface area (TPSA) is 105 Å². The van der Waals surface area contributed by atoms with Gasteiger partial charge in [-0.05, 0) is 43.5 Å². The molecule has 1 aliphatic carbocycles. The summed E-state index contributed by atoms with van der Waals surface area (Å²) in [6.45, 7) is 0.636. The highest BCUT2D eigenvalue weighted by atomic mass is 16.5. The number of rotatable bonds is 9. The maximum Gasteiger partial charge on any atom is 0.305 e. The summed E-state index contributed by atoms with van der Waals surface area (Å²) >= 11 is 0. The van der Waals surface area contributed by atoms with Crippen molar-refractivity contribution in [2.45, 2.75) is 38.5 Å². The molecule has 0 bridgehead atoms. The van der Waals surface area contributed by atoms with Gasteiger partial charge in [0.15, 0.2) is 0 Å². The van der Waals surface area contributed by atoms with E-state index in [1.54, 1.807) is 31.4 Å². The summed E-state index contributed by atoms with van der Waals surface area (Å²) in [6, 6.07) is 6.59. The van der Waals surface area contributed by atoms with Gasteiger partial charge in [0.2, 0.25) is 5.91 Å². The van der Waals surface area contributed by atoms with Crippen LogP contribution in [-0.4, -0.2) is 43.2 Å². The van der Waals surface area contributed by atoms with E-state index in [0.29, 0.717) is 24.3 Å². The molecule has 1 aromatic rings. The van der Waals surface area contributed by atoms with Gasteiger partial charge < -0.3 is 20.5 Å². The number of carbonyl (C=O) groups excluding carboxylic acids is 2. The number of carboxylic acids is 1. The summed E-state index contributed by atoms with van der Waals surface area (Å²) in [7, 11) is 1.64. The Labute approximate surface area is 153 Å². The minimum absolute atomic E-state index is 0.00529. The van der Waals surface area contributed by atoms with Crippen molar-refractivity contribution in [3.05, 3.63) is 29.8 Å². The molecule has 3 N–H and O–H groups in total. The van der Waals surface area contributed by atoms with Crippen LogP contribution in [0.2, 0.25) is 0 Å². The second-order valence-corrected chi connectivity index (χ2v) is 6.66. The first kappa shape index (κ1) is 19.9.